The van der Waals surface area contributed by atoms with Gasteiger partial charge in [0.2, 0.25) is 0 Å². The molecule has 0 aliphatic carbocycles. The number of aliphatic imine (C=N–C) groups is 1. The lowest BCUT2D eigenvalue weighted by Gasteiger charge is -2.26. The topological polar surface area (TPSA) is 55.7 Å². The molecular formula is C18H15NO3. The van der Waals surface area contributed by atoms with Gasteiger partial charge in [-0.3, -0.25) is 14.6 Å². The average molecular weight is 293 g/mol. The van der Waals surface area contributed by atoms with Crippen LogP contribution >= 0.6 is 0 Å². The number of methoxy groups -OCH3 is 1. The molecule has 0 saturated carbocycles. The van der Waals surface area contributed by atoms with Crippen LogP contribution in [-0.2, 0) is 19.7 Å². The van der Waals surface area contributed by atoms with Crippen molar-refractivity contribution >= 4 is 23.2 Å². The van der Waals surface area contributed by atoms with Crippen molar-refractivity contribution in [2.24, 2.45) is 4.99 Å². The van der Waals surface area contributed by atoms with Crippen molar-refractivity contribution in [3.8, 4) is 0 Å². The number of nitrogens with zero attached hydrogens (tertiary/aromatic N) is 1. The number of benzene rings is 2. The zero-order valence-electron chi connectivity index (χ0n) is 12.4. The molecule has 4 heteroatoms. The van der Waals surface area contributed by atoms with Gasteiger partial charge in [0.1, 0.15) is 0 Å². The molecule has 0 radical (unpaired) electrons. The van der Waals surface area contributed by atoms with Crippen LogP contribution < -0.4 is 0 Å². The van der Waals surface area contributed by atoms with Gasteiger partial charge in [-0.25, -0.2) is 0 Å². The first-order valence-electron chi connectivity index (χ1n) is 6.96. The SMILES string of the molecule is COC(=O)C1(C(C)=O)C(c2ccccc2)=Nc2ccccc21. The van der Waals surface area contributed by atoms with Gasteiger partial charge in [0.25, 0.3) is 0 Å². The van der Waals surface area contributed by atoms with E-state index in [1.807, 2.05) is 36.4 Å². The summed E-state index contributed by atoms with van der Waals surface area (Å²) in [4.78, 5) is 29.7. The predicted octanol–water partition coefficient (Wildman–Crippen LogP) is 2.82. The second kappa shape index (κ2) is 5.22. The smallest absolute Gasteiger partial charge is 0.330 e. The van der Waals surface area contributed by atoms with Crippen molar-refractivity contribution in [1.82, 2.24) is 0 Å². The molecule has 1 unspecified atom stereocenters. The number of esters is 1. The Labute approximate surface area is 128 Å². The summed E-state index contributed by atoms with van der Waals surface area (Å²) in [5.41, 5.74) is 0.871. The summed E-state index contributed by atoms with van der Waals surface area (Å²) in [5, 5.41) is 0. The maximum Gasteiger partial charge on any atom is 0.330 e. The number of ether oxygens (including phenoxy) is 1. The fourth-order valence-electron chi connectivity index (χ4n) is 2.96. The summed E-state index contributed by atoms with van der Waals surface area (Å²) >= 11 is 0. The van der Waals surface area contributed by atoms with E-state index in [4.69, 9.17) is 4.74 Å². The van der Waals surface area contributed by atoms with Crippen molar-refractivity contribution in [3.63, 3.8) is 0 Å². The minimum Gasteiger partial charge on any atom is -0.468 e. The fraction of sp³-hybridized carbons (Fsp3) is 0.167. The largest absolute Gasteiger partial charge is 0.468 e. The molecule has 1 atom stereocenters. The van der Waals surface area contributed by atoms with E-state index in [0.29, 0.717) is 17.0 Å². The normalized spacial score (nSPS) is 19.3. The highest BCUT2D eigenvalue weighted by Gasteiger charge is 2.55. The van der Waals surface area contributed by atoms with E-state index in [1.165, 1.54) is 14.0 Å². The van der Waals surface area contributed by atoms with Gasteiger partial charge < -0.3 is 4.74 Å². The van der Waals surface area contributed by atoms with Gasteiger partial charge in [0.05, 0.1) is 18.5 Å². The van der Waals surface area contributed by atoms with E-state index in [-0.39, 0.29) is 5.78 Å². The molecule has 0 bridgehead atoms. The number of hydrogen-bond acceptors (Lipinski definition) is 4. The Morgan fingerprint density at radius 3 is 2.27 bits per heavy atom. The van der Waals surface area contributed by atoms with Crippen LogP contribution in [0, 0.1) is 0 Å². The number of carbonyl (C=O) groups excluding carboxylic acids is 2. The van der Waals surface area contributed by atoms with Crippen LogP contribution in [-0.4, -0.2) is 24.6 Å². The van der Waals surface area contributed by atoms with Crippen LogP contribution in [0.5, 0.6) is 0 Å². The minimum absolute atomic E-state index is 0.299. The van der Waals surface area contributed by atoms with Gasteiger partial charge in [-0.2, -0.15) is 0 Å². The lowest BCUT2D eigenvalue weighted by molar-refractivity contribution is -0.147. The first-order valence-corrected chi connectivity index (χ1v) is 6.96. The molecule has 1 heterocycles. The van der Waals surface area contributed by atoms with E-state index in [2.05, 4.69) is 4.99 Å². The Morgan fingerprint density at radius 2 is 1.64 bits per heavy atom. The van der Waals surface area contributed by atoms with Gasteiger partial charge >= 0.3 is 5.97 Å². The molecule has 2 aromatic rings. The van der Waals surface area contributed by atoms with Crippen LogP contribution in [0.25, 0.3) is 0 Å². The molecule has 0 N–H and O–H groups in total. The molecule has 3 rings (SSSR count). The number of fused-ring (bicyclic) bond motifs is 1. The average Bonchev–Trinajstić information content (AvgIpc) is 2.91. The van der Waals surface area contributed by atoms with E-state index in [9.17, 15) is 9.59 Å². The monoisotopic (exact) mass is 293 g/mol. The Balaban J connectivity index is 2.34. The summed E-state index contributed by atoms with van der Waals surface area (Å²) in [7, 11) is 1.29. The predicted molar refractivity (Wildman–Crippen MR) is 83.5 cm³/mol. The summed E-state index contributed by atoms with van der Waals surface area (Å²) in [5.74, 6) is -0.903. The lowest BCUT2D eigenvalue weighted by atomic mass is 9.72. The number of rotatable bonds is 3. The van der Waals surface area contributed by atoms with Crippen molar-refractivity contribution in [3.05, 3.63) is 65.7 Å². The maximum absolute atomic E-state index is 12.6. The Morgan fingerprint density at radius 1 is 1.00 bits per heavy atom. The van der Waals surface area contributed by atoms with Crippen molar-refractivity contribution < 1.29 is 14.3 Å². The third-order valence-electron chi connectivity index (χ3n) is 3.96. The van der Waals surface area contributed by atoms with Crippen LogP contribution in [0.1, 0.15) is 18.1 Å². The highest BCUT2D eigenvalue weighted by molar-refractivity contribution is 6.36. The molecule has 0 aromatic heterocycles. The second-order valence-corrected chi connectivity index (χ2v) is 5.14. The summed E-state index contributed by atoms with van der Waals surface area (Å²) in [6.45, 7) is 1.40. The maximum atomic E-state index is 12.6. The Hall–Kier alpha value is -2.75. The standard InChI is InChI=1S/C18H15NO3/c1-12(20)18(17(21)22-2)14-10-6-7-11-15(14)19-16(18)13-8-4-3-5-9-13/h3-11H,1-2H3. The lowest BCUT2D eigenvalue weighted by Crippen LogP contribution is -2.48. The molecule has 0 fully saturated rings. The molecule has 0 spiro atoms. The zero-order valence-corrected chi connectivity index (χ0v) is 12.4. The fourth-order valence-corrected chi connectivity index (χ4v) is 2.96. The van der Waals surface area contributed by atoms with Crippen molar-refractivity contribution in [2.45, 2.75) is 12.3 Å². The first kappa shape index (κ1) is 14.2. The molecule has 2 aromatic carbocycles. The number of para-hydroxylation sites is 1. The second-order valence-electron chi connectivity index (χ2n) is 5.14. The third kappa shape index (κ3) is 1.80. The molecular weight excluding hydrogens is 278 g/mol. The van der Waals surface area contributed by atoms with E-state index < -0.39 is 11.4 Å². The van der Waals surface area contributed by atoms with E-state index in [1.54, 1.807) is 18.2 Å². The van der Waals surface area contributed by atoms with Crippen molar-refractivity contribution in [2.75, 3.05) is 7.11 Å². The summed E-state index contributed by atoms with van der Waals surface area (Å²) in [6, 6.07) is 16.4. The van der Waals surface area contributed by atoms with Gasteiger partial charge in [-0.1, -0.05) is 48.5 Å². The number of Topliss-reactive ketones (excluding diaryl/α,β-unsaturated/α-hetero) is 1. The molecule has 4 nitrogen and oxygen atoms in total. The van der Waals surface area contributed by atoms with Gasteiger partial charge in [-0.05, 0) is 18.6 Å². The summed E-state index contributed by atoms with van der Waals surface area (Å²) < 4.78 is 4.97. The van der Waals surface area contributed by atoms with Gasteiger partial charge in [0, 0.05) is 5.56 Å². The number of ketones is 1. The number of hydrogen-bond donors (Lipinski definition) is 0. The zero-order chi connectivity index (χ0) is 15.7. The van der Waals surface area contributed by atoms with E-state index in [0.717, 1.165) is 5.56 Å². The molecule has 1 aliphatic heterocycles. The van der Waals surface area contributed by atoms with Crippen LogP contribution in [0.3, 0.4) is 0 Å². The van der Waals surface area contributed by atoms with Crippen LogP contribution in [0.2, 0.25) is 0 Å². The highest BCUT2D eigenvalue weighted by Crippen LogP contribution is 2.43. The minimum atomic E-state index is -1.49. The quantitative estimate of drug-likeness (QED) is 0.646. The number of carbonyl (C=O) groups is 2. The first-order chi connectivity index (χ1) is 10.6. The molecule has 0 amide bonds. The molecule has 22 heavy (non-hydrogen) atoms. The molecule has 1 aliphatic rings. The van der Waals surface area contributed by atoms with E-state index >= 15 is 0 Å². The van der Waals surface area contributed by atoms with Gasteiger partial charge in [-0.15, -0.1) is 0 Å². The highest BCUT2D eigenvalue weighted by atomic mass is 16.5. The molecule has 110 valence electrons. The Bertz CT molecular complexity index is 780. The van der Waals surface area contributed by atoms with Crippen LogP contribution in [0.4, 0.5) is 5.69 Å². The summed E-state index contributed by atoms with van der Waals surface area (Å²) in [6.07, 6.45) is 0. The molecule has 0 saturated heterocycles. The Kier molecular flexibility index (Phi) is 3.37. The third-order valence-corrected chi connectivity index (χ3v) is 3.96. The van der Waals surface area contributed by atoms with Gasteiger partial charge in [0.15, 0.2) is 11.2 Å². The van der Waals surface area contributed by atoms with Crippen LogP contribution in [0.15, 0.2) is 59.6 Å². The van der Waals surface area contributed by atoms with Crippen molar-refractivity contribution in [1.29, 1.82) is 0 Å².